The van der Waals surface area contributed by atoms with Crippen LogP contribution >= 0.6 is 0 Å². The minimum absolute atomic E-state index is 0.00465. The molecule has 0 fully saturated rings. The summed E-state index contributed by atoms with van der Waals surface area (Å²) >= 11 is 0. The number of carbonyl (C=O) groups excluding carboxylic acids is 1. The molecule has 0 aliphatic heterocycles. The van der Waals surface area contributed by atoms with E-state index < -0.39 is 23.5 Å². The molecule has 4 rings (SSSR count). The van der Waals surface area contributed by atoms with Crippen LogP contribution in [0.2, 0.25) is 0 Å². The summed E-state index contributed by atoms with van der Waals surface area (Å²) in [5.74, 6) is -1.56. The number of unbranched alkanes of at least 4 members (excludes halogenated alkanes) is 2. The average molecular weight is 455 g/mol. The summed E-state index contributed by atoms with van der Waals surface area (Å²) in [7, 11) is 0. The lowest BCUT2D eigenvalue weighted by Gasteiger charge is -2.12. The smallest absolute Gasteiger partial charge is 0.366 e. The van der Waals surface area contributed by atoms with Crippen LogP contribution in [0.15, 0.2) is 48.5 Å². The zero-order valence-corrected chi connectivity index (χ0v) is 18.1. The van der Waals surface area contributed by atoms with Crippen LogP contribution in [0.3, 0.4) is 0 Å². The lowest BCUT2D eigenvalue weighted by Crippen LogP contribution is -2.11. The van der Waals surface area contributed by atoms with E-state index in [2.05, 4.69) is 13.0 Å². The highest BCUT2D eigenvalue weighted by molar-refractivity contribution is 6.17. The number of nitrogens with two attached hydrogens (primary N) is 1. The first-order valence-corrected chi connectivity index (χ1v) is 10.8. The number of hydrogen-bond acceptors (Lipinski definition) is 1. The summed E-state index contributed by atoms with van der Waals surface area (Å²) < 4.78 is 55.6. The maximum absolute atomic E-state index is 14.0. The standard InChI is InChI=1S/C26H23F4N2O/c1-2-3-4-6-16-9-10-20-23(13-16)32(22-8-5-7-21(24(20)22)25(31)33)15-17-11-18(26(28,29)30)14-19(27)12-17/h5,7-9,11-14H,2-4,6,15H2,1H3,(H2,31,33). The topological polar surface area (TPSA) is 48.0 Å². The zero-order chi connectivity index (χ0) is 23.8. The first-order valence-electron chi connectivity index (χ1n) is 10.8. The molecule has 0 aliphatic rings. The van der Waals surface area contributed by atoms with Gasteiger partial charge in [0, 0.05) is 22.9 Å². The van der Waals surface area contributed by atoms with Gasteiger partial charge in [-0.15, -0.1) is 0 Å². The van der Waals surface area contributed by atoms with E-state index in [4.69, 9.17) is 5.73 Å². The number of carbonyl (C=O) groups is 1. The number of nitrogens with zero attached hydrogens (tertiary/aromatic N) is 1. The van der Waals surface area contributed by atoms with Crippen molar-refractivity contribution < 1.29 is 22.4 Å². The Morgan fingerprint density at radius 2 is 1.85 bits per heavy atom. The molecular formula is C26H23F4N2O. The van der Waals surface area contributed by atoms with Crippen molar-refractivity contribution in [1.82, 2.24) is 4.57 Å². The highest BCUT2D eigenvalue weighted by atomic mass is 19.4. The molecule has 0 saturated heterocycles. The average Bonchev–Trinajstić information content (AvgIpc) is 3.06. The van der Waals surface area contributed by atoms with Gasteiger partial charge in [-0.1, -0.05) is 31.9 Å². The predicted molar refractivity (Wildman–Crippen MR) is 121 cm³/mol. The number of aromatic nitrogens is 1. The van der Waals surface area contributed by atoms with Crippen molar-refractivity contribution in [2.24, 2.45) is 5.73 Å². The third kappa shape index (κ3) is 4.58. The molecule has 0 unspecified atom stereocenters. The monoisotopic (exact) mass is 455 g/mol. The molecule has 2 N–H and O–H groups in total. The minimum Gasteiger partial charge on any atom is -0.366 e. The van der Waals surface area contributed by atoms with E-state index in [0.29, 0.717) is 33.4 Å². The van der Waals surface area contributed by atoms with E-state index in [9.17, 15) is 22.4 Å². The summed E-state index contributed by atoms with van der Waals surface area (Å²) in [6.45, 7) is 2.11. The van der Waals surface area contributed by atoms with Gasteiger partial charge in [0.15, 0.2) is 0 Å². The number of hydrogen-bond donors (Lipinski definition) is 1. The van der Waals surface area contributed by atoms with Gasteiger partial charge in [-0.25, -0.2) is 4.39 Å². The van der Waals surface area contributed by atoms with Gasteiger partial charge >= 0.3 is 6.18 Å². The molecule has 1 radical (unpaired) electrons. The molecule has 1 aromatic heterocycles. The molecule has 3 aromatic carbocycles. The third-order valence-corrected chi connectivity index (χ3v) is 5.81. The summed E-state index contributed by atoms with van der Waals surface area (Å²) in [5, 5.41) is 1.25. The van der Waals surface area contributed by atoms with E-state index in [0.717, 1.165) is 43.4 Å². The summed E-state index contributed by atoms with van der Waals surface area (Å²) in [4.78, 5) is 12.1. The van der Waals surface area contributed by atoms with Gasteiger partial charge < -0.3 is 10.3 Å². The van der Waals surface area contributed by atoms with Crippen LogP contribution in [-0.4, -0.2) is 10.5 Å². The highest BCUT2D eigenvalue weighted by Gasteiger charge is 2.31. The Balaban J connectivity index is 1.92. The second-order valence-corrected chi connectivity index (χ2v) is 8.22. The molecule has 0 saturated carbocycles. The molecule has 1 amide bonds. The van der Waals surface area contributed by atoms with Gasteiger partial charge in [0.25, 0.3) is 0 Å². The van der Waals surface area contributed by atoms with Crippen LogP contribution in [0.5, 0.6) is 0 Å². The van der Waals surface area contributed by atoms with Gasteiger partial charge in [-0.2, -0.15) is 13.2 Å². The van der Waals surface area contributed by atoms with Gasteiger partial charge in [-0.3, -0.25) is 4.79 Å². The number of rotatable bonds is 7. The second-order valence-electron chi connectivity index (χ2n) is 8.22. The summed E-state index contributed by atoms with van der Waals surface area (Å²) in [5.41, 5.74) is 7.41. The van der Waals surface area contributed by atoms with Crippen LogP contribution in [0, 0.1) is 11.9 Å². The normalized spacial score (nSPS) is 12.0. The van der Waals surface area contributed by atoms with Crippen LogP contribution in [0.25, 0.3) is 21.8 Å². The Hall–Kier alpha value is -3.35. The molecule has 33 heavy (non-hydrogen) atoms. The number of aryl methyl sites for hydroxylation is 1. The molecule has 3 nitrogen and oxygen atoms in total. The van der Waals surface area contributed by atoms with Crippen LogP contribution in [0.4, 0.5) is 17.6 Å². The summed E-state index contributed by atoms with van der Waals surface area (Å²) in [6, 6.07) is 14.7. The van der Waals surface area contributed by atoms with E-state index in [1.54, 1.807) is 22.8 Å². The number of benzene rings is 3. The van der Waals surface area contributed by atoms with E-state index in [-0.39, 0.29) is 12.1 Å². The number of primary amides is 1. The fourth-order valence-electron chi connectivity index (χ4n) is 4.29. The van der Waals surface area contributed by atoms with Crippen LogP contribution < -0.4 is 5.73 Å². The Morgan fingerprint density at radius 1 is 1.06 bits per heavy atom. The van der Waals surface area contributed by atoms with Crippen molar-refractivity contribution >= 4 is 27.7 Å². The SMILES string of the molecule is CCCCCc1c[c]c2c3c(C(N)=O)cccc3n(Cc3cc(F)cc(C(F)(F)F)c3)c2c1. The van der Waals surface area contributed by atoms with E-state index in [1.807, 2.05) is 12.1 Å². The highest BCUT2D eigenvalue weighted by Crippen LogP contribution is 2.34. The Labute approximate surface area is 188 Å². The molecule has 0 atom stereocenters. The maximum Gasteiger partial charge on any atom is 0.416 e. The van der Waals surface area contributed by atoms with Crippen molar-refractivity contribution in [2.75, 3.05) is 0 Å². The van der Waals surface area contributed by atoms with Gasteiger partial charge in [0.05, 0.1) is 16.6 Å². The van der Waals surface area contributed by atoms with Gasteiger partial charge in [0.1, 0.15) is 5.82 Å². The van der Waals surface area contributed by atoms with E-state index in [1.165, 1.54) is 0 Å². The first-order chi connectivity index (χ1) is 15.7. The predicted octanol–water partition coefficient (Wildman–Crippen LogP) is 6.63. The molecule has 7 heteroatoms. The van der Waals surface area contributed by atoms with Gasteiger partial charge in [-0.05, 0) is 66.4 Å². The van der Waals surface area contributed by atoms with Gasteiger partial charge in [0.2, 0.25) is 5.91 Å². The van der Waals surface area contributed by atoms with E-state index >= 15 is 0 Å². The van der Waals surface area contributed by atoms with Crippen molar-refractivity contribution in [3.63, 3.8) is 0 Å². The molecule has 4 aromatic rings. The Morgan fingerprint density at radius 3 is 2.55 bits per heavy atom. The number of halogens is 4. The molecule has 0 spiro atoms. The van der Waals surface area contributed by atoms with Crippen molar-refractivity contribution in [3.8, 4) is 0 Å². The molecule has 1 heterocycles. The summed E-state index contributed by atoms with van der Waals surface area (Å²) in [6.07, 6.45) is -0.660. The third-order valence-electron chi connectivity index (χ3n) is 5.81. The quantitative estimate of drug-likeness (QED) is 0.247. The van der Waals surface area contributed by atoms with Crippen molar-refractivity contribution in [3.05, 3.63) is 82.7 Å². The lowest BCUT2D eigenvalue weighted by molar-refractivity contribution is -0.137. The van der Waals surface area contributed by atoms with Crippen LogP contribution in [0.1, 0.15) is 53.2 Å². The fraction of sp³-hybridized carbons (Fsp3) is 0.269. The number of fused-ring (bicyclic) bond motifs is 3. The molecule has 0 bridgehead atoms. The molecular weight excluding hydrogens is 432 g/mol. The largest absolute Gasteiger partial charge is 0.416 e. The molecule has 171 valence electrons. The Kier molecular flexibility index (Phi) is 6.15. The van der Waals surface area contributed by atoms with Crippen molar-refractivity contribution in [2.45, 2.75) is 45.3 Å². The van der Waals surface area contributed by atoms with Crippen LogP contribution in [-0.2, 0) is 19.1 Å². The minimum atomic E-state index is -4.66. The lowest BCUT2D eigenvalue weighted by atomic mass is 10.0. The zero-order valence-electron chi connectivity index (χ0n) is 18.1. The maximum atomic E-state index is 14.0. The Bertz CT molecular complexity index is 1340. The first kappa shape index (κ1) is 22.8. The fourth-order valence-corrected chi connectivity index (χ4v) is 4.29. The molecule has 0 aliphatic carbocycles. The second kappa shape index (κ2) is 8.89. The van der Waals surface area contributed by atoms with Crippen molar-refractivity contribution in [1.29, 1.82) is 0 Å². The number of alkyl halides is 3. The number of amides is 1.